The van der Waals surface area contributed by atoms with E-state index in [-0.39, 0.29) is 5.54 Å². The molecule has 2 heteroatoms. The number of methoxy groups -OCH3 is 1. The standard InChI is InChI=1S/C24H25NO/c1-26-23-17-9-8-16-22(23)24(25-18-10-11-19-25,20-12-4-2-5-13-20)21-14-6-3-7-15-21/h2-9,12-17H,10-11,18-19H2,1H3. The Morgan fingerprint density at radius 1 is 0.692 bits per heavy atom. The number of ether oxygens (including phenoxy) is 1. The lowest BCUT2D eigenvalue weighted by atomic mass is 9.75. The van der Waals surface area contributed by atoms with E-state index in [9.17, 15) is 0 Å². The molecule has 1 saturated heterocycles. The molecule has 0 saturated carbocycles. The number of hydrogen-bond donors (Lipinski definition) is 0. The first-order valence-electron chi connectivity index (χ1n) is 9.37. The minimum Gasteiger partial charge on any atom is -0.496 e. The first kappa shape index (κ1) is 16.9. The molecule has 1 fully saturated rings. The number of nitrogens with zero attached hydrogens (tertiary/aromatic N) is 1. The number of rotatable bonds is 5. The Morgan fingerprint density at radius 3 is 1.73 bits per heavy atom. The summed E-state index contributed by atoms with van der Waals surface area (Å²) >= 11 is 0. The Labute approximate surface area is 156 Å². The second-order valence-electron chi connectivity index (χ2n) is 6.84. The van der Waals surface area contributed by atoms with Gasteiger partial charge in [-0.05, 0) is 43.1 Å². The Bertz CT molecular complexity index is 799. The highest BCUT2D eigenvalue weighted by molar-refractivity contribution is 5.54. The first-order valence-corrected chi connectivity index (χ1v) is 9.37. The normalized spacial score (nSPS) is 15.1. The van der Waals surface area contributed by atoms with E-state index in [1.54, 1.807) is 7.11 Å². The highest BCUT2D eigenvalue weighted by Crippen LogP contribution is 2.47. The summed E-state index contributed by atoms with van der Waals surface area (Å²) < 4.78 is 5.83. The van der Waals surface area contributed by atoms with Crippen molar-refractivity contribution in [2.75, 3.05) is 20.2 Å². The van der Waals surface area contributed by atoms with Crippen molar-refractivity contribution in [3.63, 3.8) is 0 Å². The Balaban J connectivity index is 2.07. The fourth-order valence-electron chi connectivity index (χ4n) is 4.37. The van der Waals surface area contributed by atoms with Gasteiger partial charge in [-0.1, -0.05) is 78.9 Å². The zero-order valence-corrected chi connectivity index (χ0v) is 15.3. The molecule has 0 N–H and O–H groups in total. The number of benzene rings is 3. The Morgan fingerprint density at radius 2 is 1.19 bits per heavy atom. The molecule has 4 rings (SSSR count). The van der Waals surface area contributed by atoms with Gasteiger partial charge in [0.15, 0.2) is 0 Å². The van der Waals surface area contributed by atoms with Crippen LogP contribution in [-0.2, 0) is 5.54 Å². The topological polar surface area (TPSA) is 12.5 Å². The highest BCUT2D eigenvalue weighted by atomic mass is 16.5. The predicted molar refractivity (Wildman–Crippen MR) is 107 cm³/mol. The summed E-state index contributed by atoms with van der Waals surface area (Å²) in [6, 6.07) is 30.2. The third kappa shape index (κ3) is 2.71. The minimum atomic E-state index is -0.342. The van der Waals surface area contributed by atoms with E-state index in [1.165, 1.54) is 29.5 Å². The summed E-state index contributed by atoms with van der Waals surface area (Å²) in [6.45, 7) is 2.17. The molecule has 0 amide bonds. The van der Waals surface area contributed by atoms with Crippen LogP contribution in [0.3, 0.4) is 0 Å². The summed E-state index contributed by atoms with van der Waals surface area (Å²) in [5.74, 6) is 0.937. The van der Waals surface area contributed by atoms with Gasteiger partial charge in [0, 0.05) is 5.56 Å². The van der Waals surface area contributed by atoms with E-state index in [0.717, 1.165) is 18.8 Å². The van der Waals surface area contributed by atoms with Crippen LogP contribution < -0.4 is 4.74 Å². The van der Waals surface area contributed by atoms with Gasteiger partial charge < -0.3 is 4.74 Å². The van der Waals surface area contributed by atoms with Crippen molar-refractivity contribution in [2.45, 2.75) is 18.4 Å². The molecule has 0 unspecified atom stereocenters. The van der Waals surface area contributed by atoms with Gasteiger partial charge in [-0.3, -0.25) is 4.90 Å². The van der Waals surface area contributed by atoms with E-state index in [4.69, 9.17) is 4.74 Å². The quantitative estimate of drug-likeness (QED) is 0.599. The molecule has 1 heterocycles. The second-order valence-corrected chi connectivity index (χ2v) is 6.84. The summed E-state index contributed by atoms with van der Waals surface area (Å²) in [7, 11) is 1.77. The maximum absolute atomic E-state index is 5.83. The van der Waals surface area contributed by atoms with Gasteiger partial charge in [0.2, 0.25) is 0 Å². The maximum atomic E-state index is 5.83. The molecule has 0 aliphatic carbocycles. The molecule has 0 radical (unpaired) electrons. The molecule has 3 aromatic rings. The minimum absolute atomic E-state index is 0.342. The van der Waals surface area contributed by atoms with Gasteiger partial charge in [-0.25, -0.2) is 0 Å². The van der Waals surface area contributed by atoms with Gasteiger partial charge in [0.25, 0.3) is 0 Å². The predicted octanol–water partition coefficient (Wildman–Crippen LogP) is 5.08. The SMILES string of the molecule is COc1ccccc1C(c1ccccc1)(c1ccccc1)N1CCCC1. The molecule has 0 bridgehead atoms. The molecule has 0 atom stereocenters. The molecule has 1 aliphatic heterocycles. The lowest BCUT2D eigenvalue weighted by Crippen LogP contribution is -2.46. The molecule has 0 aromatic heterocycles. The number of hydrogen-bond acceptors (Lipinski definition) is 2. The smallest absolute Gasteiger partial charge is 0.124 e. The molecule has 2 nitrogen and oxygen atoms in total. The Kier molecular flexibility index (Phi) is 4.77. The van der Waals surface area contributed by atoms with Crippen LogP contribution in [0, 0.1) is 0 Å². The van der Waals surface area contributed by atoms with Crippen LogP contribution >= 0.6 is 0 Å². The van der Waals surface area contributed by atoms with E-state index < -0.39 is 0 Å². The molecule has 1 aliphatic rings. The van der Waals surface area contributed by atoms with Crippen LogP contribution in [0.2, 0.25) is 0 Å². The van der Waals surface area contributed by atoms with Gasteiger partial charge in [0.1, 0.15) is 11.3 Å². The lowest BCUT2D eigenvalue weighted by Gasteiger charge is -2.44. The summed E-state index contributed by atoms with van der Waals surface area (Å²) in [4.78, 5) is 2.62. The fraction of sp³-hybridized carbons (Fsp3) is 0.250. The van der Waals surface area contributed by atoms with Crippen LogP contribution in [0.4, 0.5) is 0 Å². The van der Waals surface area contributed by atoms with Gasteiger partial charge in [0.05, 0.1) is 7.11 Å². The van der Waals surface area contributed by atoms with Crippen molar-refractivity contribution >= 4 is 0 Å². The number of para-hydroxylation sites is 1. The molecule has 26 heavy (non-hydrogen) atoms. The van der Waals surface area contributed by atoms with Gasteiger partial charge in [-0.15, -0.1) is 0 Å². The number of likely N-dealkylation sites (tertiary alicyclic amines) is 1. The third-order valence-electron chi connectivity index (χ3n) is 5.46. The summed E-state index contributed by atoms with van der Waals surface area (Å²) in [5.41, 5.74) is 3.45. The zero-order valence-electron chi connectivity index (χ0n) is 15.3. The fourth-order valence-corrected chi connectivity index (χ4v) is 4.37. The van der Waals surface area contributed by atoms with Crippen molar-refractivity contribution < 1.29 is 4.74 Å². The van der Waals surface area contributed by atoms with Crippen LogP contribution in [0.25, 0.3) is 0 Å². The van der Waals surface area contributed by atoms with E-state index >= 15 is 0 Å². The van der Waals surface area contributed by atoms with E-state index in [0.29, 0.717) is 0 Å². The van der Waals surface area contributed by atoms with Crippen LogP contribution in [0.15, 0.2) is 84.9 Å². The second kappa shape index (κ2) is 7.35. The van der Waals surface area contributed by atoms with Crippen LogP contribution in [0.1, 0.15) is 29.5 Å². The maximum Gasteiger partial charge on any atom is 0.124 e. The van der Waals surface area contributed by atoms with Crippen LogP contribution in [-0.4, -0.2) is 25.1 Å². The van der Waals surface area contributed by atoms with Crippen molar-refractivity contribution in [3.8, 4) is 5.75 Å². The highest BCUT2D eigenvalue weighted by Gasteiger charge is 2.44. The van der Waals surface area contributed by atoms with Crippen molar-refractivity contribution in [2.24, 2.45) is 0 Å². The van der Waals surface area contributed by atoms with Gasteiger partial charge >= 0.3 is 0 Å². The third-order valence-corrected chi connectivity index (χ3v) is 5.46. The molecule has 3 aromatic carbocycles. The lowest BCUT2D eigenvalue weighted by molar-refractivity contribution is 0.194. The van der Waals surface area contributed by atoms with E-state index in [2.05, 4.69) is 83.8 Å². The van der Waals surface area contributed by atoms with Crippen molar-refractivity contribution in [1.29, 1.82) is 0 Å². The monoisotopic (exact) mass is 343 g/mol. The first-order chi connectivity index (χ1) is 12.9. The van der Waals surface area contributed by atoms with Crippen molar-refractivity contribution in [3.05, 3.63) is 102 Å². The van der Waals surface area contributed by atoms with Crippen LogP contribution in [0.5, 0.6) is 5.75 Å². The Hall–Kier alpha value is -2.58. The van der Waals surface area contributed by atoms with Crippen molar-refractivity contribution in [1.82, 2.24) is 4.90 Å². The largest absolute Gasteiger partial charge is 0.496 e. The average molecular weight is 343 g/mol. The zero-order chi connectivity index (χ0) is 17.8. The molecular formula is C24H25NO. The van der Waals surface area contributed by atoms with E-state index in [1.807, 2.05) is 6.07 Å². The molecular weight excluding hydrogens is 318 g/mol. The van der Waals surface area contributed by atoms with Gasteiger partial charge in [-0.2, -0.15) is 0 Å². The summed E-state index contributed by atoms with van der Waals surface area (Å²) in [5, 5.41) is 0. The molecule has 0 spiro atoms. The molecule has 132 valence electrons. The summed E-state index contributed by atoms with van der Waals surface area (Å²) in [6.07, 6.45) is 2.47. The average Bonchev–Trinajstić information content (AvgIpc) is 3.26.